The third kappa shape index (κ3) is 3.07. The Morgan fingerprint density at radius 1 is 1.38 bits per heavy atom. The van der Waals surface area contributed by atoms with E-state index in [1.54, 1.807) is 24.3 Å². The maximum atomic E-state index is 12.0. The van der Waals surface area contributed by atoms with Crippen LogP contribution in [0.15, 0.2) is 35.6 Å². The first-order valence-corrected chi connectivity index (χ1v) is 6.74. The minimum absolute atomic E-state index is 0.0731. The molecule has 0 radical (unpaired) electrons. The third-order valence-corrected chi connectivity index (χ3v) is 3.41. The van der Waals surface area contributed by atoms with Crippen molar-refractivity contribution < 1.29 is 0 Å². The van der Waals surface area contributed by atoms with Gasteiger partial charge in [-0.3, -0.25) is 9.58 Å². The largest absolute Gasteiger partial charge is 0.352 e. The topological polar surface area (TPSA) is 77.0 Å². The van der Waals surface area contributed by atoms with Crippen LogP contribution < -0.4 is 16.5 Å². The number of hydrazine groups is 1. The average molecular weight is 326 g/mol. The zero-order valence-electron chi connectivity index (χ0n) is 11.3. The highest BCUT2D eigenvalue weighted by molar-refractivity contribution is 6.38. The third-order valence-electron chi connectivity index (χ3n) is 2.78. The van der Waals surface area contributed by atoms with Crippen LogP contribution in [-0.2, 0) is 7.05 Å². The van der Waals surface area contributed by atoms with Gasteiger partial charge in [-0.05, 0) is 12.1 Å². The lowest BCUT2D eigenvalue weighted by Crippen LogP contribution is -2.36. The first-order chi connectivity index (χ1) is 9.95. The van der Waals surface area contributed by atoms with Crippen LogP contribution >= 0.6 is 23.2 Å². The van der Waals surface area contributed by atoms with Crippen molar-refractivity contribution in [2.75, 3.05) is 11.6 Å². The number of hydrogen-bond acceptors (Lipinski definition) is 5. The molecule has 0 saturated carbocycles. The summed E-state index contributed by atoms with van der Waals surface area (Å²) in [6.07, 6.45) is 1.57. The number of halogens is 2. The molecule has 1 aromatic carbocycles. The Bertz CT molecular complexity index is 724. The van der Waals surface area contributed by atoms with Crippen molar-refractivity contribution in [2.24, 2.45) is 12.9 Å². The summed E-state index contributed by atoms with van der Waals surface area (Å²) in [5.74, 6) is 6.14. The number of nitrogens with two attached hydrogens (primary N) is 1. The van der Waals surface area contributed by atoms with Crippen molar-refractivity contribution in [1.82, 2.24) is 14.5 Å². The second kappa shape index (κ2) is 6.26. The maximum absolute atomic E-state index is 12.0. The second-order valence-electron chi connectivity index (χ2n) is 4.23. The summed E-state index contributed by atoms with van der Waals surface area (Å²) in [7, 11) is 1.54. The summed E-state index contributed by atoms with van der Waals surface area (Å²) in [5.41, 5.74) is -0.0541. The van der Waals surface area contributed by atoms with Crippen LogP contribution in [0, 0.1) is 0 Å². The van der Waals surface area contributed by atoms with Crippen molar-refractivity contribution in [2.45, 2.75) is 0 Å². The van der Waals surface area contributed by atoms with Gasteiger partial charge in [-0.15, -0.1) is 6.58 Å². The van der Waals surface area contributed by atoms with Crippen molar-refractivity contribution in [3.8, 4) is 11.4 Å². The van der Waals surface area contributed by atoms with E-state index in [1.807, 2.05) is 0 Å². The predicted molar refractivity (Wildman–Crippen MR) is 84.5 cm³/mol. The molecule has 0 aliphatic rings. The summed E-state index contributed by atoms with van der Waals surface area (Å²) in [6, 6.07) is 5.04. The maximum Gasteiger partial charge on any atom is 0.352 e. The summed E-state index contributed by atoms with van der Waals surface area (Å²) in [4.78, 5) is 20.1. The molecule has 21 heavy (non-hydrogen) atoms. The lowest BCUT2D eigenvalue weighted by Gasteiger charge is -2.16. The van der Waals surface area contributed by atoms with Gasteiger partial charge in [0.1, 0.15) is 0 Å². The van der Waals surface area contributed by atoms with E-state index in [9.17, 15) is 4.79 Å². The van der Waals surface area contributed by atoms with Crippen molar-refractivity contribution >= 4 is 29.2 Å². The van der Waals surface area contributed by atoms with E-state index in [0.717, 1.165) is 0 Å². The number of benzene rings is 1. The highest BCUT2D eigenvalue weighted by atomic mass is 35.5. The van der Waals surface area contributed by atoms with Crippen molar-refractivity contribution in [3.63, 3.8) is 0 Å². The molecule has 0 aliphatic carbocycles. The first kappa shape index (κ1) is 15.5. The van der Waals surface area contributed by atoms with Crippen LogP contribution in [0.4, 0.5) is 5.95 Å². The molecule has 110 valence electrons. The van der Waals surface area contributed by atoms with Gasteiger partial charge in [-0.25, -0.2) is 10.6 Å². The smallest absolute Gasteiger partial charge is 0.279 e. The van der Waals surface area contributed by atoms with E-state index in [-0.39, 0.29) is 5.95 Å². The Hall–Kier alpha value is -1.89. The number of anilines is 1. The fourth-order valence-corrected chi connectivity index (χ4v) is 2.30. The predicted octanol–water partition coefficient (Wildman–Crippen LogP) is 2.02. The molecule has 0 bridgehead atoms. The van der Waals surface area contributed by atoms with Crippen LogP contribution in [-0.4, -0.2) is 21.1 Å². The Morgan fingerprint density at radius 3 is 2.57 bits per heavy atom. The van der Waals surface area contributed by atoms with Gasteiger partial charge in [0.05, 0.1) is 22.2 Å². The van der Waals surface area contributed by atoms with Gasteiger partial charge in [0.15, 0.2) is 5.82 Å². The molecule has 0 spiro atoms. The van der Waals surface area contributed by atoms with Gasteiger partial charge in [0.25, 0.3) is 0 Å². The van der Waals surface area contributed by atoms with E-state index in [0.29, 0.717) is 28.0 Å². The molecule has 0 aliphatic heterocycles. The van der Waals surface area contributed by atoms with Crippen LogP contribution in [0.25, 0.3) is 11.4 Å². The fraction of sp³-hybridized carbons (Fsp3) is 0.154. The highest BCUT2D eigenvalue weighted by Crippen LogP contribution is 2.32. The molecular weight excluding hydrogens is 313 g/mol. The molecule has 8 heteroatoms. The van der Waals surface area contributed by atoms with Crippen molar-refractivity contribution in [3.05, 3.63) is 51.4 Å². The normalized spacial score (nSPS) is 10.5. The molecule has 1 aromatic heterocycles. The molecular formula is C13H13Cl2N5O. The highest BCUT2D eigenvalue weighted by Gasteiger charge is 2.17. The quantitative estimate of drug-likeness (QED) is 0.528. The average Bonchev–Trinajstić information content (AvgIpc) is 2.43. The molecule has 2 rings (SSSR count). The Kier molecular flexibility index (Phi) is 4.62. The van der Waals surface area contributed by atoms with Gasteiger partial charge in [-0.1, -0.05) is 35.3 Å². The molecule has 0 saturated heterocycles. The van der Waals surface area contributed by atoms with Gasteiger partial charge in [-0.2, -0.15) is 9.97 Å². The molecule has 1 heterocycles. The van der Waals surface area contributed by atoms with Crippen LogP contribution in [0.1, 0.15) is 0 Å². The van der Waals surface area contributed by atoms with E-state index in [4.69, 9.17) is 29.0 Å². The van der Waals surface area contributed by atoms with Gasteiger partial charge in [0, 0.05) is 7.05 Å². The number of rotatable bonds is 4. The molecule has 0 atom stereocenters. The Labute approximate surface area is 131 Å². The van der Waals surface area contributed by atoms with E-state index < -0.39 is 5.69 Å². The minimum Gasteiger partial charge on any atom is -0.279 e. The Morgan fingerprint density at radius 2 is 2.00 bits per heavy atom. The number of aromatic nitrogens is 3. The molecule has 2 aromatic rings. The zero-order valence-corrected chi connectivity index (χ0v) is 12.8. The SMILES string of the molecule is C=CCN(N)c1nc(-c2c(Cl)cccc2Cl)n(C)c(=O)n1. The summed E-state index contributed by atoms with van der Waals surface area (Å²) >= 11 is 12.3. The van der Waals surface area contributed by atoms with Gasteiger partial charge in [0.2, 0.25) is 5.95 Å². The minimum atomic E-state index is -0.509. The molecule has 0 fully saturated rings. The second-order valence-corrected chi connectivity index (χ2v) is 5.04. The summed E-state index contributed by atoms with van der Waals surface area (Å²) in [5, 5.41) is 1.98. The lowest BCUT2D eigenvalue weighted by molar-refractivity contribution is 0.756. The number of hydrogen-bond donors (Lipinski definition) is 1. The molecule has 6 nitrogen and oxygen atoms in total. The van der Waals surface area contributed by atoms with E-state index in [2.05, 4.69) is 16.5 Å². The van der Waals surface area contributed by atoms with Crippen LogP contribution in [0.2, 0.25) is 10.0 Å². The summed E-state index contributed by atoms with van der Waals surface area (Å²) in [6.45, 7) is 3.87. The fourth-order valence-electron chi connectivity index (χ4n) is 1.73. The zero-order chi connectivity index (χ0) is 15.6. The van der Waals surface area contributed by atoms with Crippen LogP contribution in [0.3, 0.4) is 0 Å². The van der Waals surface area contributed by atoms with E-state index in [1.165, 1.54) is 16.6 Å². The van der Waals surface area contributed by atoms with Crippen molar-refractivity contribution in [1.29, 1.82) is 0 Å². The monoisotopic (exact) mass is 325 g/mol. The first-order valence-electron chi connectivity index (χ1n) is 5.98. The Balaban J connectivity index is 2.69. The lowest BCUT2D eigenvalue weighted by atomic mass is 10.2. The van der Waals surface area contributed by atoms with Gasteiger partial charge >= 0.3 is 5.69 Å². The van der Waals surface area contributed by atoms with Crippen LogP contribution in [0.5, 0.6) is 0 Å². The standard InChI is InChI=1S/C13H13Cl2N5O/c1-3-7-20(16)12-17-11(19(2)13(21)18-12)10-8(14)5-4-6-9(10)15/h3-6H,1,7,16H2,2H3. The number of nitrogens with zero attached hydrogens (tertiary/aromatic N) is 4. The molecule has 0 unspecified atom stereocenters. The molecule has 0 amide bonds. The molecule has 2 N–H and O–H groups in total. The summed E-state index contributed by atoms with van der Waals surface area (Å²) < 4.78 is 1.26. The van der Waals surface area contributed by atoms with E-state index >= 15 is 0 Å². The van der Waals surface area contributed by atoms with Gasteiger partial charge < -0.3 is 0 Å².